The molecule has 4 heteroatoms. The summed E-state index contributed by atoms with van der Waals surface area (Å²) in [5.74, 6) is 1.55. The number of nitrogens with zero attached hydrogens (tertiary/aromatic N) is 2. The number of hydrogen-bond donors (Lipinski definition) is 1. The molecule has 0 amide bonds. The van der Waals surface area contributed by atoms with Crippen molar-refractivity contribution in [1.82, 2.24) is 9.97 Å². The molecule has 4 nitrogen and oxygen atoms in total. The molecule has 116 valence electrons. The summed E-state index contributed by atoms with van der Waals surface area (Å²) in [6, 6.07) is 20.2. The van der Waals surface area contributed by atoms with Gasteiger partial charge < -0.3 is 10.1 Å². The van der Waals surface area contributed by atoms with Gasteiger partial charge in [-0.1, -0.05) is 42.5 Å². The van der Waals surface area contributed by atoms with Gasteiger partial charge in [0.1, 0.15) is 12.4 Å². The first-order valence-corrected chi connectivity index (χ1v) is 7.67. The van der Waals surface area contributed by atoms with Gasteiger partial charge >= 0.3 is 0 Å². The van der Waals surface area contributed by atoms with E-state index in [9.17, 15) is 0 Å². The monoisotopic (exact) mass is 305 g/mol. The van der Waals surface area contributed by atoms with Crippen LogP contribution in [0.2, 0.25) is 0 Å². The van der Waals surface area contributed by atoms with Crippen LogP contribution in [0.15, 0.2) is 73.1 Å². The van der Waals surface area contributed by atoms with Gasteiger partial charge in [0.2, 0.25) is 5.95 Å². The van der Waals surface area contributed by atoms with Crippen LogP contribution >= 0.6 is 0 Å². The summed E-state index contributed by atoms with van der Waals surface area (Å²) in [5.41, 5.74) is 2.39. The Morgan fingerprint density at radius 3 is 2.43 bits per heavy atom. The summed E-state index contributed by atoms with van der Waals surface area (Å²) >= 11 is 0. The molecule has 0 bridgehead atoms. The molecule has 0 aliphatic rings. The number of ether oxygens (including phenoxy) is 1. The SMILES string of the molecule is c1ccc(COc2cccc(CCNc3ncccn3)c2)cc1. The van der Waals surface area contributed by atoms with Gasteiger partial charge in [-0.3, -0.25) is 0 Å². The Bertz CT molecular complexity index is 717. The Labute approximate surface area is 136 Å². The Kier molecular flexibility index (Phi) is 5.19. The van der Waals surface area contributed by atoms with Crippen molar-refractivity contribution in [2.75, 3.05) is 11.9 Å². The van der Waals surface area contributed by atoms with E-state index in [1.165, 1.54) is 11.1 Å². The maximum atomic E-state index is 5.85. The van der Waals surface area contributed by atoms with Gasteiger partial charge in [-0.25, -0.2) is 9.97 Å². The zero-order valence-corrected chi connectivity index (χ0v) is 12.9. The number of aromatic nitrogens is 2. The average Bonchev–Trinajstić information content (AvgIpc) is 2.62. The van der Waals surface area contributed by atoms with Crippen molar-refractivity contribution >= 4 is 5.95 Å². The zero-order valence-electron chi connectivity index (χ0n) is 12.9. The van der Waals surface area contributed by atoms with E-state index in [1.54, 1.807) is 18.5 Å². The average molecular weight is 305 g/mol. The number of hydrogen-bond acceptors (Lipinski definition) is 4. The normalized spacial score (nSPS) is 10.3. The smallest absolute Gasteiger partial charge is 0.222 e. The Morgan fingerprint density at radius 1 is 0.826 bits per heavy atom. The van der Waals surface area contributed by atoms with E-state index in [1.807, 2.05) is 30.3 Å². The Morgan fingerprint density at radius 2 is 1.61 bits per heavy atom. The van der Waals surface area contributed by atoms with Gasteiger partial charge in [0, 0.05) is 18.9 Å². The van der Waals surface area contributed by atoms with E-state index < -0.39 is 0 Å². The quantitative estimate of drug-likeness (QED) is 0.723. The molecule has 0 saturated carbocycles. The molecule has 3 aromatic rings. The summed E-state index contributed by atoms with van der Waals surface area (Å²) in [6.07, 6.45) is 4.35. The van der Waals surface area contributed by atoms with E-state index >= 15 is 0 Å². The topological polar surface area (TPSA) is 47.0 Å². The van der Waals surface area contributed by atoms with Gasteiger partial charge in [0.25, 0.3) is 0 Å². The standard InChI is InChI=1S/C19H19N3O/c1-2-6-17(7-3-1)15-23-18-9-4-8-16(14-18)10-13-22-19-20-11-5-12-21-19/h1-9,11-12,14H,10,13,15H2,(H,20,21,22). The van der Waals surface area contributed by atoms with Crippen molar-refractivity contribution in [3.8, 4) is 5.75 Å². The minimum Gasteiger partial charge on any atom is -0.489 e. The predicted molar refractivity (Wildman–Crippen MR) is 91.4 cm³/mol. The second-order valence-corrected chi connectivity index (χ2v) is 5.17. The molecule has 0 fully saturated rings. The molecule has 1 N–H and O–H groups in total. The van der Waals surface area contributed by atoms with Gasteiger partial charge in [-0.2, -0.15) is 0 Å². The van der Waals surface area contributed by atoms with Gasteiger partial charge in [0.05, 0.1) is 0 Å². The Balaban J connectivity index is 1.51. The summed E-state index contributed by atoms with van der Waals surface area (Å²) in [5, 5.41) is 3.21. The molecule has 0 aliphatic carbocycles. The van der Waals surface area contributed by atoms with E-state index in [4.69, 9.17) is 4.74 Å². The molecule has 0 spiro atoms. The first-order chi connectivity index (χ1) is 11.4. The molecule has 3 rings (SSSR count). The summed E-state index contributed by atoms with van der Waals surface area (Å²) in [4.78, 5) is 8.29. The van der Waals surface area contributed by atoms with Crippen LogP contribution in [0.4, 0.5) is 5.95 Å². The van der Waals surface area contributed by atoms with Crippen molar-refractivity contribution in [2.45, 2.75) is 13.0 Å². The lowest BCUT2D eigenvalue weighted by Gasteiger charge is -2.09. The van der Waals surface area contributed by atoms with Crippen molar-refractivity contribution < 1.29 is 4.74 Å². The molecule has 0 saturated heterocycles. The number of nitrogens with one attached hydrogen (secondary N) is 1. The second kappa shape index (κ2) is 7.94. The molecule has 0 unspecified atom stereocenters. The van der Waals surface area contributed by atoms with Crippen molar-refractivity contribution in [2.24, 2.45) is 0 Å². The Hall–Kier alpha value is -2.88. The molecule has 1 heterocycles. The van der Waals surface area contributed by atoms with Gasteiger partial charge in [-0.15, -0.1) is 0 Å². The van der Waals surface area contributed by atoms with Crippen LogP contribution in [0.3, 0.4) is 0 Å². The third-order valence-corrected chi connectivity index (χ3v) is 3.41. The first-order valence-electron chi connectivity index (χ1n) is 7.67. The highest BCUT2D eigenvalue weighted by atomic mass is 16.5. The lowest BCUT2D eigenvalue weighted by atomic mass is 10.1. The van der Waals surface area contributed by atoms with Gasteiger partial charge in [0.15, 0.2) is 0 Å². The van der Waals surface area contributed by atoms with E-state index in [2.05, 4.69) is 39.6 Å². The summed E-state index contributed by atoms with van der Waals surface area (Å²) in [7, 11) is 0. The van der Waals surface area contributed by atoms with Crippen LogP contribution in [0.5, 0.6) is 5.75 Å². The fourth-order valence-electron chi connectivity index (χ4n) is 2.24. The number of rotatable bonds is 7. The van der Waals surface area contributed by atoms with Crippen LogP contribution < -0.4 is 10.1 Å². The molecular formula is C19H19N3O. The van der Waals surface area contributed by atoms with Crippen LogP contribution in [0.1, 0.15) is 11.1 Å². The lowest BCUT2D eigenvalue weighted by Crippen LogP contribution is -2.07. The zero-order chi connectivity index (χ0) is 15.7. The number of benzene rings is 2. The molecule has 0 atom stereocenters. The maximum absolute atomic E-state index is 5.85. The molecule has 1 aromatic heterocycles. The predicted octanol–water partition coefficient (Wildman–Crippen LogP) is 3.71. The van der Waals surface area contributed by atoms with Gasteiger partial charge in [-0.05, 0) is 35.7 Å². The molecule has 0 aliphatic heterocycles. The third kappa shape index (κ3) is 4.81. The van der Waals surface area contributed by atoms with E-state index in [0.717, 1.165) is 18.7 Å². The lowest BCUT2D eigenvalue weighted by molar-refractivity contribution is 0.306. The second-order valence-electron chi connectivity index (χ2n) is 5.17. The number of anilines is 1. The van der Waals surface area contributed by atoms with Crippen LogP contribution in [0.25, 0.3) is 0 Å². The van der Waals surface area contributed by atoms with Crippen molar-refractivity contribution in [3.05, 3.63) is 84.2 Å². The van der Waals surface area contributed by atoms with Crippen molar-refractivity contribution in [1.29, 1.82) is 0 Å². The molecular weight excluding hydrogens is 286 g/mol. The van der Waals surface area contributed by atoms with Crippen molar-refractivity contribution in [3.63, 3.8) is 0 Å². The van der Waals surface area contributed by atoms with Crippen LogP contribution in [-0.2, 0) is 13.0 Å². The molecule has 23 heavy (non-hydrogen) atoms. The minimum atomic E-state index is 0.584. The minimum absolute atomic E-state index is 0.584. The van der Waals surface area contributed by atoms with Crippen LogP contribution in [-0.4, -0.2) is 16.5 Å². The first kappa shape index (κ1) is 15.0. The summed E-state index contributed by atoms with van der Waals surface area (Å²) < 4.78 is 5.85. The summed E-state index contributed by atoms with van der Waals surface area (Å²) in [6.45, 7) is 1.37. The fourth-order valence-corrected chi connectivity index (χ4v) is 2.24. The largest absolute Gasteiger partial charge is 0.489 e. The highest BCUT2D eigenvalue weighted by Crippen LogP contribution is 2.15. The molecule has 0 radical (unpaired) electrons. The van der Waals surface area contributed by atoms with E-state index in [-0.39, 0.29) is 0 Å². The van der Waals surface area contributed by atoms with Crippen LogP contribution in [0, 0.1) is 0 Å². The third-order valence-electron chi connectivity index (χ3n) is 3.41. The highest BCUT2D eigenvalue weighted by Gasteiger charge is 1.99. The molecule has 2 aromatic carbocycles. The maximum Gasteiger partial charge on any atom is 0.222 e. The van der Waals surface area contributed by atoms with E-state index in [0.29, 0.717) is 12.6 Å². The fraction of sp³-hybridized carbons (Fsp3) is 0.158. The highest BCUT2D eigenvalue weighted by molar-refractivity contribution is 5.30.